The molecule has 2 nitrogen and oxygen atoms in total. The zero-order valence-corrected chi connectivity index (χ0v) is 17.0. The van der Waals surface area contributed by atoms with Crippen LogP contribution in [0.4, 0.5) is 0 Å². The Bertz CT molecular complexity index is 860. The molecule has 146 valence electrons. The molecule has 0 saturated heterocycles. The van der Waals surface area contributed by atoms with Crippen molar-refractivity contribution in [3.05, 3.63) is 77.4 Å². The van der Waals surface area contributed by atoms with E-state index < -0.39 is 0 Å². The lowest BCUT2D eigenvalue weighted by molar-refractivity contribution is -0.0188. The number of aryl methyl sites for hydroxylation is 1. The standard InChI is InChI=1S/C26H30O2/c1-19-9-13-23(14-10-19)27-25-7-3-5-21(17-25)22-6-4-8-26(18-22)28-24-15-11-20(2)12-16-24/h3,5-7,9-11,13-14,17,24,26H,4,8,12,15-16,18H2,1-2H3. The highest BCUT2D eigenvalue weighted by molar-refractivity contribution is 5.67. The molecule has 0 fully saturated rings. The van der Waals surface area contributed by atoms with E-state index in [4.69, 9.17) is 9.47 Å². The molecule has 0 aliphatic heterocycles. The van der Waals surface area contributed by atoms with Gasteiger partial charge in [0.25, 0.3) is 0 Å². The smallest absolute Gasteiger partial charge is 0.128 e. The Morgan fingerprint density at radius 2 is 1.71 bits per heavy atom. The molecular formula is C26H30O2. The van der Waals surface area contributed by atoms with Crippen molar-refractivity contribution in [2.24, 2.45) is 0 Å². The van der Waals surface area contributed by atoms with Crippen LogP contribution in [-0.4, -0.2) is 12.2 Å². The van der Waals surface area contributed by atoms with Gasteiger partial charge in [0.1, 0.15) is 11.5 Å². The molecule has 2 atom stereocenters. The first-order valence-corrected chi connectivity index (χ1v) is 10.5. The van der Waals surface area contributed by atoms with Gasteiger partial charge in [0, 0.05) is 0 Å². The maximum Gasteiger partial charge on any atom is 0.128 e. The summed E-state index contributed by atoms with van der Waals surface area (Å²) in [6, 6.07) is 16.6. The molecule has 0 aromatic heterocycles. The second-order valence-corrected chi connectivity index (χ2v) is 8.16. The Kier molecular flexibility index (Phi) is 5.97. The van der Waals surface area contributed by atoms with Gasteiger partial charge in [-0.15, -0.1) is 0 Å². The zero-order chi connectivity index (χ0) is 19.3. The highest BCUT2D eigenvalue weighted by Crippen LogP contribution is 2.33. The summed E-state index contributed by atoms with van der Waals surface area (Å²) < 4.78 is 12.5. The lowest BCUT2D eigenvalue weighted by Crippen LogP contribution is -2.25. The van der Waals surface area contributed by atoms with Crippen molar-refractivity contribution in [3.8, 4) is 11.5 Å². The first-order valence-electron chi connectivity index (χ1n) is 10.5. The highest BCUT2D eigenvalue weighted by Gasteiger charge is 2.22. The van der Waals surface area contributed by atoms with Crippen molar-refractivity contribution in [2.75, 3.05) is 0 Å². The average Bonchev–Trinajstić information content (AvgIpc) is 2.72. The molecule has 0 spiro atoms. The van der Waals surface area contributed by atoms with E-state index in [-0.39, 0.29) is 0 Å². The summed E-state index contributed by atoms with van der Waals surface area (Å²) in [6.45, 7) is 4.31. The summed E-state index contributed by atoms with van der Waals surface area (Å²) in [5.74, 6) is 1.76. The monoisotopic (exact) mass is 374 g/mol. The minimum absolute atomic E-state index is 0.332. The third-order valence-corrected chi connectivity index (χ3v) is 5.76. The van der Waals surface area contributed by atoms with Crippen LogP contribution in [0.5, 0.6) is 11.5 Å². The molecule has 2 aliphatic carbocycles. The molecule has 0 heterocycles. The Balaban J connectivity index is 1.40. The third-order valence-electron chi connectivity index (χ3n) is 5.76. The number of hydrogen-bond acceptors (Lipinski definition) is 2. The molecule has 0 bridgehead atoms. The molecule has 0 amide bonds. The van der Waals surface area contributed by atoms with Gasteiger partial charge in [0.2, 0.25) is 0 Å². The Morgan fingerprint density at radius 1 is 0.857 bits per heavy atom. The fourth-order valence-corrected chi connectivity index (χ4v) is 4.06. The maximum atomic E-state index is 6.45. The molecule has 0 saturated carbocycles. The number of allylic oxidation sites excluding steroid dienone is 2. The molecule has 28 heavy (non-hydrogen) atoms. The minimum Gasteiger partial charge on any atom is -0.457 e. The van der Waals surface area contributed by atoms with Crippen LogP contribution in [0.1, 0.15) is 56.6 Å². The van der Waals surface area contributed by atoms with Crippen LogP contribution in [0.15, 0.2) is 66.3 Å². The predicted octanol–water partition coefficient (Wildman–Crippen LogP) is 7.24. The van der Waals surface area contributed by atoms with Crippen molar-refractivity contribution in [3.63, 3.8) is 0 Å². The summed E-state index contributed by atoms with van der Waals surface area (Å²) in [4.78, 5) is 0. The highest BCUT2D eigenvalue weighted by atomic mass is 16.5. The Labute approximate surface area is 168 Å². The van der Waals surface area contributed by atoms with Crippen LogP contribution >= 0.6 is 0 Å². The van der Waals surface area contributed by atoms with Gasteiger partial charge in [-0.2, -0.15) is 0 Å². The molecule has 2 aromatic rings. The van der Waals surface area contributed by atoms with Crippen LogP contribution in [0.3, 0.4) is 0 Å². The van der Waals surface area contributed by atoms with Crippen molar-refractivity contribution in [1.29, 1.82) is 0 Å². The molecular weight excluding hydrogens is 344 g/mol. The normalized spacial score (nSPS) is 22.4. The van der Waals surface area contributed by atoms with E-state index in [1.807, 2.05) is 18.2 Å². The summed E-state index contributed by atoms with van der Waals surface area (Å²) in [5.41, 5.74) is 5.38. The van der Waals surface area contributed by atoms with Gasteiger partial charge in [-0.1, -0.05) is 47.6 Å². The summed E-state index contributed by atoms with van der Waals surface area (Å²) >= 11 is 0. The number of ether oxygens (including phenoxy) is 2. The second kappa shape index (κ2) is 8.79. The fraction of sp³-hybridized carbons (Fsp3) is 0.385. The summed E-state index contributed by atoms with van der Waals surface area (Å²) in [5, 5.41) is 0. The van der Waals surface area contributed by atoms with E-state index >= 15 is 0 Å². The largest absolute Gasteiger partial charge is 0.457 e. The van der Waals surface area contributed by atoms with Crippen LogP contribution in [0.2, 0.25) is 0 Å². The first kappa shape index (κ1) is 19.0. The van der Waals surface area contributed by atoms with Gasteiger partial charge in [0.15, 0.2) is 0 Å². The number of benzene rings is 2. The first-order chi connectivity index (χ1) is 13.7. The molecule has 4 rings (SSSR count). The second-order valence-electron chi connectivity index (χ2n) is 8.16. The van der Waals surface area contributed by atoms with Crippen molar-refractivity contribution < 1.29 is 9.47 Å². The molecule has 2 aliphatic rings. The van der Waals surface area contributed by atoms with Crippen molar-refractivity contribution in [2.45, 2.75) is 64.6 Å². The molecule has 0 radical (unpaired) electrons. The molecule has 0 N–H and O–H groups in total. The van der Waals surface area contributed by atoms with Gasteiger partial charge >= 0.3 is 0 Å². The Hall–Kier alpha value is -2.32. The van der Waals surface area contributed by atoms with Crippen molar-refractivity contribution >= 4 is 5.57 Å². The van der Waals surface area contributed by atoms with Gasteiger partial charge in [0.05, 0.1) is 12.2 Å². The lowest BCUT2D eigenvalue weighted by Gasteiger charge is -2.29. The van der Waals surface area contributed by atoms with E-state index in [9.17, 15) is 0 Å². The molecule has 2 unspecified atom stereocenters. The van der Waals surface area contributed by atoms with Gasteiger partial charge in [-0.05, 0) is 87.8 Å². The van der Waals surface area contributed by atoms with E-state index in [0.29, 0.717) is 12.2 Å². The number of hydrogen-bond donors (Lipinski definition) is 0. The number of rotatable bonds is 5. The van der Waals surface area contributed by atoms with Crippen LogP contribution in [0.25, 0.3) is 5.57 Å². The topological polar surface area (TPSA) is 18.5 Å². The molecule has 2 aromatic carbocycles. The van der Waals surface area contributed by atoms with Crippen molar-refractivity contribution in [1.82, 2.24) is 0 Å². The van der Waals surface area contributed by atoms with Gasteiger partial charge in [-0.25, -0.2) is 0 Å². The maximum absolute atomic E-state index is 6.45. The third kappa shape index (κ3) is 4.94. The van der Waals surface area contributed by atoms with E-state index in [0.717, 1.165) is 43.6 Å². The van der Waals surface area contributed by atoms with E-state index in [1.165, 1.54) is 28.7 Å². The lowest BCUT2D eigenvalue weighted by atomic mass is 9.91. The SMILES string of the molecule is CC1=CCC(OC2CCC=C(c3cccc(Oc4ccc(C)cc4)c3)C2)CC1. The minimum atomic E-state index is 0.332. The van der Waals surface area contributed by atoms with Gasteiger partial charge < -0.3 is 9.47 Å². The van der Waals surface area contributed by atoms with Gasteiger partial charge in [-0.3, -0.25) is 0 Å². The van der Waals surface area contributed by atoms with Crippen LogP contribution in [0, 0.1) is 6.92 Å². The molecule has 2 heteroatoms. The van der Waals surface area contributed by atoms with Crippen LogP contribution < -0.4 is 4.74 Å². The fourth-order valence-electron chi connectivity index (χ4n) is 4.06. The average molecular weight is 375 g/mol. The zero-order valence-electron chi connectivity index (χ0n) is 17.0. The predicted molar refractivity (Wildman–Crippen MR) is 116 cm³/mol. The van der Waals surface area contributed by atoms with E-state index in [1.54, 1.807) is 0 Å². The summed E-state index contributed by atoms with van der Waals surface area (Å²) in [7, 11) is 0. The van der Waals surface area contributed by atoms with Crippen LogP contribution in [-0.2, 0) is 4.74 Å². The van der Waals surface area contributed by atoms with E-state index in [2.05, 4.69) is 56.3 Å². The quantitative estimate of drug-likeness (QED) is 0.514. The Morgan fingerprint density at radius 3 is 2.50 bits per heavy atom. The summed E-state index contributed by atoms with van der Waals surface area (Å²) in [6.07, 6.45) is 12.1.